The molecule has 1 aromatic rings. The Hall–Kier alpha value is -1.14. The zero-order valence-electron chi connectivity index (χ0n) is 14.2. The van der Waals surface area contributed by atoms with Gasteiger partial charge >= 0.3 is 0 Å². The van der Waals surface area contributed by atoms with Crippen LogP contribution >= 0.6 is 12.4 Å². The van der Waals surface area contributed by atoms with Crippen LogP contribution in [-0.4, -0.2) is 51.5 Å². The summed E-state index contributed by atoms with van der Waals surface area (Å²) < 4.78 is 10.9. The largest absolute Gasteiger partial charge is 0.381 e. The molecule has 6 heteroatoms. The van der Waals surface area contributed by atoms with Gasteiger partial charge in [0, 0.05) is 31.7 Å². The smallest absolute Gasteiger partial charge is 0.239 e. The summed E-state index contributed by atoms with van der Waals surface area (Å²) >= 11 is 0. The third-order valence-corrected chi connectivity index (χ3v) is 5.01. The van der Waals surface area contributed by atoms with Crippen LogP contribution in [-0.2, 0) is 19.7 Å². The minimum Gasteiger partial charge on any atom is -0.381 e. The number of benzene rings is 1. The van der Waals surface area contributed by atoms with E-state index in [1.54, 1.807) is 0 Å². The van der Waals surface area contributed by atoms with Crippen molar-refractivity contribution in [2.24, 2.45) is 0 Å². The van der Waals surface area contributed by atoms with Crippen molar-refractivity contribution in [1.29, 1.82) is 0 Å². The molecule has 0 aliphatic carbocycles. The first-order chi connectivity index (χ1) is 11.2. The Morgan fingerprint density at radius 2 is 2.00 bits per heavy atom. The number of nitrogens with one attached hydrogen (secondary N) is 2. The van der Waals surface area contributed by atoms with Gasteiger partial charge in [0.1, 0.15) is 6.04 Å². The summed E-state index contributed by atoms with van der Waals surface area (Å²) in [5.74, 6) is 0.0316. The molecule has 134 valence electrons. The molecule has 2 fully saturated rings. The van der Waals surface area contributed by atoms with Gasteiger partial charge in [-0.2, -0.15) is 0 Å². The molecule has 0 radical (unpaired) electrons. The molecule has 1 aromatic carbocycles. The van der Waals surface area contributed by atoms with Crippen LogP contribution in [0.15, 0.2) is 24.3 Å². The number of rotatable bonds is 4. The lowest BCUT2D eigenvalue weighted by Gasteiger charge is -2.39. The van der Waals surface area contributed by atoms with Crippen molar-refractivity contribution < 1.29 is 14.3 Å². The average molecular weight is 355 g/mol. The molecule has 1 amide bonds. The Kier molecular flexibility index (Phi) is 7.04. The summed E-state index contributed by atoms with van der Waals surface area (Å²) in [5.41, 5.74) is 2.58. The minimum atomic E-state index is -0.238. The first-order valence-corrected chi connectivity index (χ1v) is 8.44. The molecule has 2 saturated heterocycles. The highest BCUT2D eigenvalue weighted by molar-refractivity contribution is 5.85. The van der Waals surface area contributed by atoms with Crippen molar-refractivity contribution in [2.45, 2.75) is 31.2 Å². The molecule has 0 bridgehead atoms. The number of carbonyl (C=O) groups excluding carboxylic acids is 1. The third-order valence-electron chi connectivity index (χ3n) is 5.01. The zero-order chi connectivity index (χ0) is 16.1. The number of halogens is 1. The molecule has 2 aliphatic heterocycles. The van der Waals surface area contributed by atoms with E-state index >= 15 is 0 Å². The number of hydrogen-bond donors (Lipinski definition) is 2. The number of morpholine rings is 1. The molecule has 0 saturated carbocycles. The molecule has 1 atom stereocenters. The van der Waals surface area contributed by atoms with E-state index in [0.29, 0.717) is 19.8 Å². The lowest BCUT2D eigenvalue weighted by molar-refractivity contribution is -0.126. The molecule has 3 rings (SSSR count). The Morgan fingerprint density at radius 3 is 2.67 bits per heavy atom. The van der Waals surface area contributed by atoms with E-state index in [2.05, 4.69) is 41.8 Å². The van der Waals surface area contributed by atoms with Crippen LogP contribution < -0.4 is 10.6 Å². The van der Waals surface area contributed by atoms with E-state index in [-0.39, 0.29) is 29.8 Å². The van der Waals surface area contributed by atoms with Gasteiger partial charge in [-0.3, -0.25) is 4.79 Å². The van der Waals surface area contributed by atoms with Gasteiger partial charge in [-0.15, -0.1) is 12.4 Å². The lowest BCUT2D eigenvalue weighted by atomic mass is 9.72. The standard InChI is InChI=1S/C18H26N2O3.ClH/c1-14-4-2-3-5-15(14)18(6-9-22-10-7-18)13-20-17(21)16-12-23-11-8-19-16;/h2-5,16,19H,6-13H2,1H3,(H,20,21);1H. The van der Waals surface area contributed by atoms with Crippen LogP contribution in [0.25, 0.3) is 0 Å². The first kappa shape index (κ1) is 19.2. The van der Waals surface area contributed by atoms with Crippen molar-refractivity contribution in [3.63, 3.8) is 0 Å². The second-order valence-corrected chi connectivity index (χ2v) is 6.51. The summed E-state index contributed by atoms with van der Waals surface area (Å²) in [5, 5.41) is 6.36. The van der Waals surface area contributed by atoms with Gasteiger partial charge in [0.2, 0.25) is 5.91 Å². The van der Waals surface area contributed by atoms with E-state index in [0.717, 1.165) is 32.6 Å². The second-order valence-electron chi connectivity index (χ2n) is 6.51. The number of hydrogen-bond acceptors (Lipinski definition) is 4. The van der Waals surface area contributed by atoms with Crippen LogP contribution in [0.4, 0.5) is 0 Å². The van der Waals surface area contributed by atoms with Gasteiger partial charge in [0.25, 0.3) is 0 Å². The van der Waals surface area contributed by atoms with E-state index in [1.807, 2.05) is 0 Å². The summed E-state index contributed by atoms with van der Waals surface area (Å²) in [7, 11) is 0. The Bertz CT molecular complexity index is 541. The first-order valence-electron chi connectivity index (χ1n) is 8.44. The predicted octanol–water partition coefficient (Wildman–Crippen LogP) is 1.57. The Labute approximate surface area is 149 Å². The molecular weight excluding hydrogens is 328 g/mol. The summed E-state index contributed by atoms with van der Waals surface area (Å²) in [4.78, 5) is 12.4. The monoisotopic (exact) mass is 354 g/mol. The maximum atomic E-state index is 12.4. The van der Waals surface area contributed by atoms with Gasteiger partial charge in [-0.05, 0) is 30.9 Å². The van der Waals surface area contributed by atoms with Crippen LogP contribution in [0, 0.1) is 6.92 Å². The zero-order valence-corrected chi connectivity index (χ0v) is 15.0. The third kappa shape index (κ3) is 4.28. The van der Waals surface area contributed by atoms with E-state index in [4.69, 9.17) is 9.47 Å². The van der Waals surface area contributed by atoms with Gasteiger partial charge < -0.3 is 20.1 Å². The van der Waals surface area contributed by atoms with E-state index in [1.165, 1.54) is 11.1 Å². The van der Waals surface area contributed by atoms with Crippen molar-refractivity contribution in [3.8, 4) is 0 Å². The fourth-order valence-corrected chi connectivity index (χ4v) is 3.58. The molecule has 1 unspecified atom stereocenters. The van der Waals surface area contributed by atoms with Gasteiger partial charge in [0.05, 0.1) is 13.2 Å². The number of carbonyl (C=O) groups is 1. The fourth-order valence-electron chi connectivity index (χ4n) is 3.58. The van der Waals surface area contributed by atoms with Crippen LogP contribution in [0.2, 0.25) is 0 Å². The van der Waals surface area contributed by atoms with Gasteiger partial charge in [-0.1, -0.05) is 24.3 Å². The molecular formula is C18H27ClN2O3. The van der Waals surface area contributed by atoms with Crippen molar-refractivity contribution in [1.82, 2.24) is 10.6 Å². The molecule has 2 N–H and O–H groups in total. The lowest BCUT2D eigenvalue weighted by Crippen LogP contribution is -2.54. The average Bonchev–Trinajstić information content (AvgIpc) is 2.61. The predicted molar refractivity (Wildman–Crippen MR) is 95.8 cm³/mol. The molecule has 2 aliphatic rings. The van der Waals surface area contributed by atoms with E-state index < -0.39 is 0 Å². The SMILES string of the molecule is Cc1ccccc1C1(CNC(=O)C2COCCN2)CCOCC1.Cl. The number of aryl methyl sites for hydroxylation is 1. The number of ether oxygens (including phenoxy) is 2. The maximum Gasteiger partial charge on any atom is 0.239 e. The Balaban J connectivity index is 0.00000208. The summed E-state index contributed by atoms with van der Waals surface area (Å²) in [6.45, 7) is 6.14. The van der Waals surface area contributed by atoms with E-state index in [9.17, 15) is 4.79 Å². The van der Waals surface area contributed by atoms with Crippen LogP contribution in [0.1, 0.15) is 24.0 Å². The quantitative estimate of drug-likeness (QED) is 0.861. The van der Waals surface area contributed by atoms with Crippen molar-refractivity contribution in [3.05, 3.63) is 35.4 Å². The maximum absolute atomic E-state index is 12.4. The topological polar surface area (TPSA) is 59.6 Å². The van der Waals surface area contributed by atoms with Gasteiger partial charge in [0.15, 0.2) is 0 Å². The highest BCUT2D eigenvalue weighted by atomic mass is 35.5. The second kappa shape index (κ2) is 8.81. The highest BCUT2D eigenvalue weighted by Crippen LogP contribution is 2.36. The molecule has 2 heterocycles. The highest BCUT2D eigenvalue weighted by Gasteiger charge is 2.36. The normalized spacial score (nSPS) is 23.1. The van der Waals surface area contributed by atoms with Gasteiger partial charge in [-0.25, -0.2) is 0 Å². The fraction of sp³-hybridized carbons (Fsp3) is 0.611. The van der Waals surface area contributed by atoms with Crippen LogP contribution in [0.5, 0.6) is 0 Å². The van der Waals surface area contributed by atoms with Crippen LogP contribution in [0.3, 0.4) is 0 Å². The number of amides is 1. The van der Waals surface area contributed by atoms with Crippen molar-refractivity contribution in [2.75, 3.05) is 39.5 Å². The summed E-state index contributed by atoms with van der Waals surface area (Å²) in [6.07, 6.45) is 1.87. The van der Waals surface area contributed by atoms with Crippen molar-refractivity contribution >= 4 is 18.3 Å². The molecule has 0 spiro atoms. The summed E-state index contributed by atoms with van der Waals surface area (Å²) in [6, 6.07) is 8.24. The Morgan fingerprint density at radius 1 is 1.25 bits per heavy atom. The molecule has 0 aromatic heterocycles. The molecule has 24 heavy (non-hydrogen) atoms. The minimum absolute atomic E-state index is 0. The molecule has 5 nitrogen and oxygen atoms in total.